The minimum atomic E-state index is -1.19. The zero-order valence-electron chi connectivity index (χ0n) is 5.49. The van der Waals surface area contributed by atoms with Gasteiger partial charge in [-0.1, -0.05) is 0 Å². The zero-order chi connectivity index (χ0) is 6.97. The Bertz CT molecular complexity index is 163. The summed E-state index contributed by atoms with van der Waals surface area (Å²) in [6, 6.07) is 0.231. The molecule has 0 amide bonds. The number of ether oxygens (including phenoxy) is 1. The van der Waals surface area contributed by atoms with Gasteiger partial charge in [0.15, 0.2) is 0 Å². The second-order valence-corrected chi connectivity index (χ2v) is 3.51. The molecule has 4 nitrogen and oxygen atoms in total. The van der Waals surface area contributed by atoms with Gasteiger partial charge in [0.25, 0.3) is 0 Å². The van der Waals surface area contributed by atoms with Crippen molar-refractivity contribution in [1.29, 1.82) is 0 Å². The summed E-state index contributed by atoms with van der Waals surface area (Å²) >= 11 is -1.19. The van der Waals surface area contributed by atoms with Crippen LogP contribution in [-0.2, 0) is 20.2 Å². The maximum Gasteiger partial charge on any atom is 0.237 e. The van der Waals surface area contributed by atoms with E-state index in [9.17, 15) is 4.21 Å². The van der Waals surface area contributed by atoms with Crippen LogP contribution >= 0.6 is 0 Å². The van der Waals surface area contributed by atoms with Gasteiger partial charge in [-0.3, -0.25) is 4.18 Å². The van der Waals surface area contributed by atoms with Gasteiger partial charge in [0.2, 0.25) is 11.3 Å². The van der Waals surface area contributed by atoms with Crippen LogP contribution in [0.5, 0.6) is 0 Å². The molecule has 2 fully saturated rings. The first-order chi connectivity index (χ1) is 4.88. The standard InChI is InChI=1S/C5H9NO3S/c7-10-6-1-2-8-3-5(6)4-9-10/h5H,1-4H2. The molecular weight excluding hydrogens is 154 g/mol. The van der Waals surface area contributed by atoms with Crippen molar-refractivity contribution >= 4 is 11.3 Å². The Morgan fingerprint density at radius 1 is 1.50 bits per heavy atom. The summed E-state index contributed by atoms with van der Waals surface area (Å²) in [6.07, 6.45) is 0. The van der Waals surface area contributed by atoms with E-state index >= 15 is 0 Å². The largest absolute Gasteiger partial charge is 0.378 e. The lowest BCUT2D eigenvalue weighted by Crippen LogP contribution is -2.42. The molecule has 0 spiro atoms. The van der Waals surface area contributed by atoms with Gasteiger partial charge in [-0.25, -0.2) is 4.21 Å². The summed E-state index contributed by atoms with van der Waals surface area (Å²) in [4.78, 5) is 0. The van der Waals surface area contributed by atoms with Gasteiger partial charge >= 0.3 is 0 Å². The normalized spacial score (nSPS) is 41.6. The highest BCUT2D eigenvalue weighted by Gasteiger charge is 2.34. The molecule has 5 heteroatoms. The number of fused-ring (bicyclic) bond motifs is 1. The fourth-order valence-electron chi connectivity index (χ4n) is 1.17. The maximum atomic E-state index is 11.0. The van der Waals surface area contributed by atoms with E-state index in [-0.39, 0.29) is 6.04 Å². The third-order valence-electron chi connectivity index (χ3n) is 1.73. The molecule has 10 heavy (non-hydrogen) atoms. The summed E-state index contributed by atoms with van der Waals surface area (Å²) in [7, 11) is 0. The molecule has 2 rings (SSSR count). The van der Waals surface area contributed by atoms with Crippen molar-refractivity contribution in [2.45, 2.75) is 6.04 Å². The Kier molecular flexibility index (Phi) is 1.73. The van der Waals surface area contributed by atoms with Crippen LogP contribution in [0.25, 0.3) is 0 Å². The molecule has 0 radical (unpaired) electrons. The van der Waals surface area contributed by atoms with Crippen LogP contribution in [0.1, 0.15) is 0 Å². The molecule has 2 saturated heterocycles. The molecule has 0 aliphatic carbocycles. The molecule has 0 aromatic heterocycles. The van der Waals surface area contributed by atoms with E-state index in [1.807, 2.05) is 4.31 Å². The second-order valence-electron chi connectivity index (χ2n) is 2.37. The fraction of sp³-hybridized carbons (Fsp3) is 1.00. The van der Waals surface area contributed by atoms with Crippen LogP contribution in [0, 0.1) is 0 Å². The van der Waals surface area contributed by atoms with Crippen LogP contribution in [0.3, 0.4) is 0 Å². The van der Waals surface area contributed by atoms with Gasteiger partial charge in [-0.2, -0.15) is 4.31 Å². The molecule has 2 aliphatic heterocycles. The van der Waals surface area contributed by atoms with Gasteiger partial charge in [-0.05, 0) is 0 Å². The molecule has 2 aliphatic rings. The lowest BCUT2D eigenvalue weighted by Gasteiger charge is -2.24. The maximum absolute atomic E-state index is 11.0. The molecule has 0 bridgehead atoms. The van der Waals surface area contributed by atoms with E-state index in [2.05, 4.69) is 0 Å². The smallest absolute Gasteiger partial charge is 0.237 e. The van der Waals surface area contributed by atoms with Gasteiger partial charge in [-0.15, -0.1) is 0 Å². The first-order valence-corrected chi connectivity index (χ1v) is 4.30. The van der Waals surface area contributed by atoms with E-state index in [1.54, 1.807) is 0 Å². The highest BCUT2D eigenvalue weighted by atomic mass is 32.2. The fourth-order valence-corrected chi connectivity index (χ4v) is 2.17. The molecule has 2 atom stereocenters. The van der Waals surface area contributed by atoms with Crippen LogP contribution in [0.4, 0.5) is 0 Å². The SMILES string of the molecule is O=S1OCC2COCCN21. The van der Waals surface area contributed by atoms with Gasteiger partial charge in [0.1, 0.15) is 0 Å². The van der Waals surface area contributed by atoms with E-state index in [0.29, 0.717) is 19.8 Å². The Hall–Kier alpha value is 0.0300. The lowest BCUT2D eigenvalue weighted by molar-refractivity contribution is 0.0386. The van der Waals surface area contributed by atoms with E-state index < -0.39 is 11.3 Å². The van der Waals surface area contributed by atoms with Crippen molar-refractivity contribution < 1.29 is 13.1 Å². The minimum absolute atomic E-state index is 0.231. The highest BCUT2D eigenvalue weighted by Crippen LogP contribution is 2.17. The predicted molar refractivity (Wildman–Crippen MR) is 35.4 cm³/mol. The van der Waals surface area contributed by atoms with E-state index in [0.717, 1.165) is 6.54 Å². The first kappa shape index (κ1) is 6.72. The average molecular weight is 163 g/mol. The van der Waals surface area contributed by atoms with Crippen LogP contribution in [-0.4, -0.2) is 40.9 Å². The molecule has 2 heterocycles. The van der Waals surface area contributed by atoms with Crippen LogP contribution in [0.15, 0.2) is 0 Å². The number of morpholine rings is 1. The quantitative estimate of drug-likeness (QED) is 0.474. The summed E-state index contributed by atoms with van der Waals surface area (Å²) < 4.78 is 22.9. The van der Waals surface area contributed by atoms with Crippen molar-refractivity contribution in [1.82, 2.24) is 4.31 Å². The number of hydrogen-bond acceptors (Lipinski definition) is 3. The van der Waals surface area contributed by atoms with Gasteiger partial charge in [0, 0.05) is 6.54 Å². The zero-order valence-corrected chi connectivity index (χ0v) is 6.30. The second kappa shape index (κ2) is 2.58. The van der Waals surface area contributed by atoms with Gasteiger partial charge in [0.05, 0.1) is 25.9 Å². The Morgan fingerprint density at radius 3 is 3.20 bits per heavy atom. The van der Waals surface area contributed by atoms with Crippen LogP contribution in [0.2, 0.25) is 0 Å². The Morgan fingerprint density at radius 2 is 2.40 bits per heavy atom. The molecule has 58 valence electrons. The monoisotopic (exact) mass is 163 g/mol. The molecule has 0 saturated carbocycles. The highest BCUT2D eigenvalue weighted by molar-refractivity contribution is 7.78. The summed E-state index contributed by atoms with van der Waals surface area (Å²) in [5.74, 6) is 0. The minimum Gasteiger partial charge on any atom is -0.378 e. The summed E-state index contributed by atoms with van der Waals surface area (Å²) in [5, 5.41) is 0. The summed E-state index contributed by atoms with van der Waals surface area (Å²) in [6.45, 7) is 2.61. The third-order valence-corrected chi connectivity index (χ3v) is 2.93. The van der Waals surface area contributed by atoms with Crippen molar-refractivity contribution in [2.24, 2.45) is 0 Å². The number of rotatable bonds is 0. The first-order valence-electron chi connectivity index (χ1n) is 3.27. The molecule has 0 N–H and O–H groups in total. The summed E-state index contributed by atoms with van der Waals surface area (Å²) in [5.41, 5.74) is 0. The molecular formula is C5H9NO3S. The van der Waals surface area contributed by atoms with E-state index in [4.69, 9.17) is 8.92 Å². The van der Waals surface area contributed by atoms with Crippen molar-refractivity contribution in [3.05, 3.63) is 0 Å². The Labute approximate surface area is 61.9 Å². The van der Waals surface area contributed by atoms with Crippen LogP contribution < -0.4 is 0 Å². The Balaban J connectivity index is 2.08. The van der Waals surface area contributed by atoms with Crippen molar-refractivity contribution in [2.75, 3.05) is 26.4 Å². The number of nitrogens with zero attached hydrogens (tertiary/aromatic N) is 1. The van der Waals surface area contributed by atoms with E-state index in [1.165, 1.54) is 0 Å². The average Bonchev–Trinajstić information content (AvgIpc) is 2.34. The molecule has 2 unspecified atom stereocenters. The third kappa shape index (κ3) is 0.989. The lowest BCUT2D eigenvalue weighted by atomic mass is 10.3. The number of hydrogen-bond donors (Lipinski definition) is 0. The predicted octanol–water partition coefficient (Wildman–Crippen LogP) is -0.704. The molecule has 0 aromatic rings. The topological polar surface area (TPSA) is 38.8 Å². The van der Waals surface area contributed by atoms with Crippen molar-refractivity contribution in [3.8, 4) is 0 Å². The van der Waals surface area contributed by atoms with Gasteiger partial charge < -0.3 is 4.74 Å². The van der Waals surface area contributed by atoms with Crippen molar-refractivity contribution in [3.63, 3.8) is 0 Å². The molecule has 0 aromatic carbocycles.